The van der Waals surface area contributed by atoms with Crippen LogP contribution in [0.2, 0.25) is 0 Å². The number of pyridine rings is 1. The van der Waals surface area contributed by atoms with E-state index in [-0.39, 0.29) is 6.61 Å². The van der Waals surface area contributed by atoms with Gasteiger partial charge in [-0.05, 0) is 36.6 Å². The summed E-state index contributed by atoms with van der Waals surface area (Å²) in [5, 5.41) is 9.18. The molecule has 0 unspecified atom stereocenters. The van der Waals surface area contributed by atoms with Gasteiger partial charge < -0.3 is 10.0 Å². The molecule has 2 aromatic rings. The van der Waals surface area contributed by atoms with Crippen molar-refractivity contribution in [1.82, 2.24) is 4.98 Å². The number of para-hydroxylation sites is 1. The van der Waals surface area contributed by atoms with E-state index < -0.39 is 0 Å². The van der Waals surface area contributed by atoms with Gasteiger partial charge in [0.2, 0.25) is 0 Å². The average molecular weight is 240 g/mol. The molecule has 0 saturated heterocycles. The quantitative estimate of drug-likeness (QED) is 0.876. The summed E-state index contributed by atoms with van der Waals surface area (Å²) in [6, 6.07) is 12.4. The van der Waals surface area contributed by atoms with E-state index in [2.05, 4.69) is 34.1 Å². The van der Waals surface area contributed by atoms with Crippen molar-refractivity contribution < 1.29 is 5.11 Å². The molecule has 18 heavy (non-hydrogen) atoms. The summed E-state index contributed by atoms with van der Waals surface area (Å²) in [5.41, 5.74) is 4.43. The minimum atomic E-state index is 0.0513. The first-order valence-corrected chi connectivity index (χ1v) is 6.22. The summed E-state index contributed by atoms with van der Waals surface area (Å²) in [5.74, 6) is 0.967. The van der Waals surface area contributed by atoms with Crippen LogP contribution in [0.25, 0.3) is 0 Å². The minimum absolute atomic E-state index is 0.0513. The van der Waals surface area contributed by atoms with Crippen LogP contribution in [-0.4, -0.2) is 16.6 Å². The molecule has 1 aliphatic heterocycles. The number of rotatable bonds is 2. The lowest BCUT2D eigenvalue weighted by atomic mass is 10.2. The van der Waals surface area contributed by atoms with Crippen molar-refractivity contribution in [1.29, 1.82) is 0 Å². The number of aliphatic hydroxyl groups excluding tert-OH is 1. The van der Waals surface area contributed by atoms with E-state index in [0.717, 1.165) is 30.0 Å². The minimum Gasteiger partial charge on any atom is -0.392 e. The van der Waals surface area contributed by atoms with Crippen LogP contribution < -0.4 is 4.90 Å². The maximum atomic E-state index is 9.18. The second-order valence-corrected chi connectivity index (χ2v) is 4.60. The predicted molar refractivity (Wildman–Crippen MR) is 72.0 cm³/mol. The summed E-state index contributed by atoms with van der Waals surface area (Å²) in [6.45, 7) is 2.97. The molecule has 3 rings (SSSR count). The molecule has 0 atom stereocenters. The number of anilines is 2. The number of hydrogen-bond acceptors (Lipinski definition) is 3. The summed E-state index contributed by atoms with van der Waals surface area (Å²) in [4.78, 5) is 6.83. The third kappa shape index (κ3) is 1.77. The molecule has 1 aromatic carbocycles. The molecule has 3 nitrogen and oxygen atoms in total. The largest absolute Gasteiger partial charge is 0.392 e. The van der Waals surface area contributed by atoms with E-state index in [4.69, 9.17) is 0 Å². The molecule has 0 fully saturated rings. The van der Waals surface area contributed by atoms with Crippen molar-refractivity contribution in [2.24, 2.45) is 0 Å². The Morgan fingerprint density at radius 1 is 1.22 bits per heavy atom. The number of fused-ring (bicyclic) bond motifs is 1. The topological polar surface area (TPSA) is 36.4 Å². The summed E-state index contributed by atoms with van der Waals surface area (Å²) < 4.78 is 0. The Bertz CT molecular complexity index is 580. The van der Waals surface area contributed by atoms with Gasteiger partial charge in [-0.25, -0.2) is 4.98 Å². The third-order valence-corrected chi connectivity index (χ3v) is 3.51. The summed E-state index contributed by atoms with van der Waals surface area (Å²) in [7, 11) is 0. The smallest absolute Gasteiger partial charge is 0.133 e. The number of aryl methyl sites for hydroxylation is 1. The predicted octanol–water partition coefficient (Wildman–Crippen LogP) is 2.58. The van der Waals surface area contributed by atoms with E-state index >= 15 is 0 Å². The fourth-order valence-electron chi connectivity index (χ4n) is 2.47. The van der Waals surface area contributed by atoms with E-state index in [1.54, 1.807) is 0 Å². The molecular formula is C15H16N2O. The van der Waals surface area contributed by atoms with Crippen LogP contribution in [0.1, 0.15) is 16.8 Å². The normalized spacial score (nSPS) is 13.8. The van der Waals surface area contributed by atoms with Crippen LogP contribution in [-0.2, 0) is 13.0 Å². The Morgan fingerprint density at radius 2 is 2.06 bits per heavy atom. The van der Waals surface area contributed by atoms with E-state index in [1.165, 1.54) is 11.3 Å². The first kappa shape index (κ1) is 11.2. The van der Waals surface area contributed by atoms with E-state index in [1.807, 2.05) is 19.1 Å². The molecule has 1 aromatic heterocycles. The van der Waals surface area contributed by atoms with Crippen LogP contribution in [0.3, 0.4) is 0 Å². The fraction of sp³-hybridized carbons (Fsp3) is 0.267. The third-order valence-electron chi connectivity index (χ3n) is 3.51. The maximum absolute atomic E-state index is 9.18. The highest BCUT2D eigenvalue weighted by atomic mass is 16.3. The molecule has 0 spiro atoms. The molecule has 0 saturated carbocycles. The van der Waals surface area contributed by atoms with Gasteiger partial charge in [0.1, 0.15) is 5.82 Å². The summed E-state index contributed by atoms with van der Waals surface area (Å²) >= 11 is 0. The molecule has 0 amide bonds. The van der Waals surface area contributed by atoms with Crippen molar-refractivity contribution in [2.75, 3.05) is 11.4 Å². The fourth-order valence-corrected chi connectivity index (χ4v) is 2.47. The molecular weight excluding hydrogens is 224 g/mol. The molecule has 1 aliphatic rings. The van der Waals surface area contributed by atoms with Crippen LogP contribution in [0.15, 0.2) is 36.4 Å². The second kappa shape index (κ2) is 4.42. The summed E-state index contributed by atoms with van der Waals surface area (Å²) in [6.07, 6.45) is 1.07. The molecule has 0 bridgehead atoms. The van der Waals surface area contributed by atoms with Crippen molar-refractivity contribution in [2.45, 2.75) is 20.0 Å². The van der Waals surface area contributed by atoms with Crippen LogP contribution >= 0.6 is 0 Å². The van der Waals surface area contributed by atoms with Crippen molar-refractivity contribution >= 4 is 11.5 Å². The lowest BCUT2D eigenvalue weighted by Crippen LogP contribution is -2.15. The maximum Gasteiger partial charge on any atom is 0.133 e. The zero-order valence-corrected chi connectivity index (χ0v) is 10.4. The van der Waals surface area contributed by atoms with Crippen molar-refractivity contribution in [3.8, 4) is 0 Å². The van der Waals surface area contributed by atoms with Gasteiger partial charge in [0.15, 0.2) is 0 Å². The Labute approximate surface area is 107 Å². The van der Waals surface area contributed by atoms with E-state index in [0.29, 0.717) is 0 Å². The number of aromatic nitrogens is 1. The zero-order chi connectivity index (χ0) is 12.5. The second-order valence-electron chi connectivity index (χ2n) is 4.60. The van der Waals surface area contributed by atoms with Crippen LogP contribution in [0, 0.1) is 6.92 Å². The molecule has 0 radical (unpaired) electrons. The number of nitrogens with zero attached hydrogens (tertiary/aromatic N) is 2. The van der Waals surface area contributed by atoms with Gasteiger partial charge in [-0.15, -0.1) is 0 Å². The first-order valence-electron chi connectivity index (χ1n) is 6.22. The van der Waals surface area contributed by atoms with Gasteiger partial charge in [-0.1, -0.05) is 24.3 Å². The Balaban J connectivity index is 2.00. The van der Waals surface area contributed by atoms with Gasteiger partial charge in [-0.3, -0.25) is 0 Å². The van der Waals surface area contributed by atoms with Gasteiger partial charge in [0.25, 0.3) is 0 Å². The molecule has 3 heteroatoms. The average Bonchev–Trinajstić information content (AvgIpc) is 2.82. The highest BCUT2D eigenvalue weighted by Gasteiger charge is 2.20. The standard InChI is InChI=1S/C15H16N2O/c1-11-13(10-18)6-7-15(16-11)17-9-8-12-4-2-3-5-14(12)17/h2-7,18H,8-10H2,1H3. The number of hydrogen-bond donors (Lipinski definition) is 1. The molecule has 2 heterocycles. The van der Waals surface area contributed by atoms with Crippen molar-refractivity contribution in [3.05, 3.63) is 53.2 Å². The van der Waals surface area contributed by atoms with Crippen molar-refractivity contribution in [3.63, 3.8) is 0 Å². The molecule has 92 valence electrons. The van der Waals surface area contributed by atoms with Gasteiger partial charge in [0, 0.05) is 17.9 Å². The molecule has 1 N–H and O–H groups in total. The van der Waals surface area contributed by atoms with Crippen LogP contribution in [0.4, 0.5) is 11.5 Å². The Hall–Kier alpha value is -1.87. The van der Waals surface area contributed by atoms with E-state index in [9.17, 15) is 5.11 Å². The Kier molecular flexibility index (Phi) is 2.76. The first-order chi connectivity index (χ1) is 8.79. The highest BCUT2D eigenvalue weighted by Crippen LogP contribution is 2.33. The lowest BCUT2D eigenvalue weighted by molar-refractivity contribution is 0.280. The van der Waals surface area contributed by atoms with Gasteiger partial charge in [-0.2, -0.15) is 0 Å². The number of aliphatic hydroxyl groups is 1. The van der Waals surface area contributed by atoms with Gasteiger partial charge >= 0.3 is 0 Å². The molecule has 0 aliphatic carbocycles. The van der Waals surface area contributed by atoms with Gasteiger partial charge in [0.05, 0.1) is 6.61 Å². The SMILES string of the molecule is Cc1nc(N2CCc3ccccc32)ccc1CO. The lowest BCUT2D eigenvalue weighted by Gasteiger charge is -2.19. The Morgan fingerprint density at radius 3 is 2.83 bits per heavy atom. The zero-order valence-electron chi connectivity index (χ0n) is 10.4. The number of benzene rings is 1. The monoisotopic (exact) mass is 240 g/mol. The highest BCUT2D eigenvalue weighted by molar-refractivity contribution is 5.67. The van der Waals surface area contributed by atoms with Crippen LogP contribution in [0.5, 0.6) is 0 Å².